The van der Waals surface area contributed by atoms with E-state index in [1.165, 1.54) is 18.2 Å². The van der Waals surface area contributed by atoms with E-state index in [4.69, 9.17) is 5.11 Å². The minimum absolute atomic E-state index is 0.289. The average Bonchev–Trinajstić information content (AvgIpc) is 2.08. The highest BCUT2D eigenvalue weighted by molar-refractivity contribution is 14.1. The van der Waals surface area contributed by atoms with Crippen molar-refractivity contribution >= 4 is 28.6 Å². The zero-order chi connectivity index (χ0) is 9.56. The quantitative estimate of drug-likeness (QED) is 0.635. The van der Waals surface area contributed by atoms with E-state index in [1.807, 2.05) is 4.93 Å². The van der Waals surface area contributed by atoms with Crippen LogP contribution in [-0.2, 0) is 0 Å². The summed E-state index contributed by atoms with van der Waals surface area (Å²) in [6, 6.07) is 5.26. The van der Waals surface area contributed by atoms with Gasteiger partial charge in [0.25, 0.3) is 0 Å². The monoisotopic (exact) mass is 282 g/mol. The van der Waals surface area contributed by atoms with Crippen LogP contribution >= 0.6 is 22.6 Å². The molecule has 12 heavy (non-hydrogen) atoms. The van der Waals surface area contributed by atoms with E-state index < -0.39 is 11.8 Å². The fourth-order valence-electron chi connectivity index (χ4n) is 0.635. The second-order valence-corrected chi connectivity index (χ2v) is 1.78. The maximum absolute atomic E-state index is 12.5. The van der Waals surface area contributed by atoms with Gasteiger partial charge in [0.2, 0.25) is 0 Å². The molecule has 0 aliphatic rings. The van der Waals surface area contributed by atoms with Crippen molar-refractivity contribution in [1.82, 2.24) is 0 Å². The predicted octanol–water partition coefficient (Wildman–Crippen LogP) is 2.58. The first kappa shape index (κ1) is 11.4. The first-order chi connectivity index (χ1) is 5.72. The molecule has 2 nitrogen and oxygen atoms in total. The number of carboxylic acids is 1. The van der Waals surface area contributed by atoms with Gasteiger partial charge in [-0.15, -0.1) is 0 Å². The largest absolute Gasteiger partial charge is 0.478 e. The third-order valence-electron chi connectivity index (χ3n) is 1.10. The fraction of sp³-hybridized carbons (Fsp3) is 0.125. The highest BCUT2D eigenvalue weighted by atomic mass is 127. The van der Waals surface area contributed by atoms with Crippen molar-refractivity contribution in [3.8, 4) is 0 Å². The van der Waals surface area contributed by atoms with E-state index in [0.717, 1.165) is 6.07 Å². The summed E-state index contributed by atoms with van der Waals surface area (Å²) >= 11 is 2.15. The molecule has 1 aromatic carbocycles. The normalized spacial score (nSPS) is 8.25. The molecular weight excluding hydrogens is 274 g/mol. The number of benzene rings is 1. The molecule has 0 atom stereocenters. The SMILES string of the molecule is CI.O=C(O)c1ccccc1F. The molecule has 4 heteroatoms. The van der Waals surface area contributed by atoms with Crippen molar-refractivity contribution in [3.05, 3.63) is 35.6 Å². The molecule has 0 saturated heterocycles. The zero-order valence-electron chi connectivity index (χ0n) is 6.42. The lowest BCUT2D eigenvalue weighted by atomic mass is 10.2. The van der Waals surface area contributed by atoms with Gasteiger partial charge in [-0.1, -0.05) is 34.7 Å². The van der Waals surface area contributed by atoms with E-state index in [9.17, 15) is 9.18 Å². The Balaban J connectivity index is 0.000000561. The molecule has 0 aliphatic heterocycles. The van der Waals surface area contributed by atoms with Gasteiger partial charge in [-0.3, -0.25) is 0 Å². The number of alkyl halides is 1. The fourth-order valence-corrected chi connectivity index (χ4v) is 0.635. The Kier molecular flexibility index (Phi) is 5.61. The lowest BCUT2D eigenvalue weighted by Gasteiger charge is -1.92. The van der Waals surface area contributed by atoms with Crippen LogP contribution in [0.1, 0.15) is 10.4 Å². The summed E-state index contributed by atoms with van der Waals surface area (Å²) in [5.41, 5.74) is -0.289. The van der Waals surface area contributed by atoms with Gasteiger partial charge < -0.3 is 5.11 Å². The summed E-state index contributed by atoms with van der Waals surface area (Å²) < 4.78 is 12.5. The van der Waals surface area contributed by atoms with E-state index >= 15 is 0 Å². The standard InChI is InChI=1S/C7H5FO2.CH3I/c8-6-4-2-1-3-5(6)7(9)10;1-2/h1-4H,(H,9,10);1H3. The predicted molar refractivity (Wildman–Crippen MR) is 53.3 cm³/mol. The van der Waals surface area contributed by atoms with Crippen LogP contribution in [0.5, 0.6) is 0 Å². The second kappa shape index (κ2) is 5.93. The Hall–Kier alpha value is -0.650. The van der Waals surface area contributed by atoms with E-state index in [0.29, 0.717) is 0 Å². The summed E-state index contributed by atoms with van der Waals surface area (Å²) in [4.78, 5) is 12.2. The van der Waals surface area contributed by atoms with Crippen molar-refractivity contribution in [2.24, 2.45) is 0 Å². The zero-order valence-corrected chi connectivity index (χ0v) is 8.58. The Labute approximate surface area is 83.6 Å². The summed E-state index contributed by atoms with van der Waals surface area (Å²) in [6.45, 7) is 0. The number of hydrogen-bond donors (Lipinski definition) is 1. The van der Waals surface area contributed by atoms with Gasteiger partial charge in [-0.2, -0.15) is 0 Å². The molecule has 0 heterocycles. The van der Waals surface area contributed by atoms with E-state index in [2.05, 4.69) is 22.6 Å². The van der Waals surface area contributed by atoms with Crippen LogP contribution in [0, 0.1) is 5.82 Å². The number of aromatic carboxylic acids is 1. The third kappa shape index (κ3) is 3.17. The van der Waals surface area contributed by atoms with Crippen molar-refractivity contribution in [1.29, 1.82) is 0 Å². The highest BCUT2D eigenvalue weighted by Gasteiger charge is 2.06. The molecule has 0 spiro atoms. The molecule has 0 saturated carbocycles. The van der Waals surface area contributed by atoms with Crippen molar-refractivity contribution in [3.63, 3.8) is 0 Å². The highest BCUT2D eigenvalue weighted by Crippen LogP contribution is 2.04. The van der Waals surface area contributed by atoms with Crippen LogP contribution < -0.4 is 0 Å². The molecule has 1 rings (SSSR count). The number of carbonyl (C=O) groups is 1. The summed E-state index contributed by atoms with van der Waals surface area (Å²) in [6.07, 6.45) is 0. The number of carboxylic acid groups (broad SMARTS) is 1. The maximum Gasteiger partial charge on any atom is 0.338 e. The Morgan fingerprint density at radius 2 is 1.92 bits per heavy atom. The van der Waals surface area contributed by atoms with Crippen LogP contribution in [0.4, 0.5) is 4.39 Å². The topological polar surface area (TPSA) is 37.3 Å². The molecule has 0 amide bonds. The van der Waals surface area contributed by atoms with Gasteiger partial charge in [0, 0.05) is 0 Å². The molecular formula is C8H8FIO2. The minimum Gasteiger partial charge on any atom is -0.478 e. The Bertz CT molecular complexity index is 263. The molecule has 0 fully saturated rings. The number of halogens is 2. The molecule has 1 aromatic rings. The van der Waals surface area contributed by atoms with Crippen molar-refractivity contribution in [2.45, 2.75) is 0 Å². The van der Waals surface area contributed by atoms with Crippen LogP contribution in [0.15, 0.2) is 24.3 Å². The average molecular weight is 282 g/mol. The maximum atomic E-state index is 12.5. The van der Waals surface area contributed by atoms with Gasteiger partial charge in [0.05, 0.1) is 5.56 Å². The molecule has 1 N–H and O–H groups in total. The number of hydrogen-bond acceptors (Lipinski definition) is 1. The van der Waals surface area contributed by atoms with Crippen LogP contribution in [0.3, 0.4) is 0 Å². The van der Waals surface area contributed by atoms with E-state index in [-0.39, 0.29) is 5.56 Å². The molecule has 0 aromatic heterocycles. The smallest absolute Gasteiger partial charge is 0.338 e. The van der Waals surface area contributed by atoms with Gasteiger partial charge in [-0.25, -0.2) is 9.18 Å². The van der Waals surface area contributed by atoms with Crippen molar-refractivity contribution in [2.75, 3.05) is 4.93 Å². The summed E-state index contributed by atoms with van der Waals surface area (Å²) in [5, 5.41) is 8.33. The van der Waals surface area contributed by atoms with Gasteiger partial charge in [0.15, 0.2) is 0 Å². The Morgan fingerprint density at radius 3 is 2.25 bits per heavy atom. The van der Waals surface area contributed by atoms with Crippen LogP contribution in [0.25, 0.3) is 0 Å². The second-order valence-electron chi connectivity index (χ2n) is 1.78. The molecule has 0 radical (unpaired) electrons. The molecule has 0 aliphatic carbocycles. The van der Waals surface area contributed by atoms with Gasteiger partial charge >= 0.3 is 5.97 Å². The number of rotatable bonds is 1. The molecule has 0 bridgehead atoms. The van der Waals surface area contributed by atoms with Gasteiger partial charge in [0.1, 0.15) is 5.82 Å². The summed E-state index contributed by atoms with van der Waals surface area (Å²) in [7, 11) is 0. The first-order valence-corrected chi connectivity index (χ1v) is 5.23. The molecule has 66 valence electrons. The third-order valence-corrected chi connectivity index (χ3v) is 1.10. The Morgan fingerprint density at radius 1 is 1.42 bits per heavy atom. The summed E-state index contributed by atoms with van der Waals surface area (Å²) in [5.74, 6) is -1.94. The lowest BCUT2D eigenvalue weighted by molar-refractivity contribution is 0.0692. The van der Waals surface area contributed by atoms with Gasteiger partial charge in [-0.05, 0) is 17.1 Å². The van der Waals surface area contributed by atoms with Crippen LogP contribution in [0.2, 0.25) is 0 Å². The van der Waals surface area contributed by atoms with Crippen molar-refractivity contribution < 1.29 is 14.3 Å². The lowest BCUT2D eigenvalue weighted by Crippen LogP contribution is -1.98. The van der Waals surface area contributed by atoms with Crippen LogP contribution in [-0.4, -0.2) is 16.0 Å². The van der Waals surface area contributed by atoms with E-state index in [1.54, 1.807) is 0 Å². The molecule has 0 unspecified atom stereocenters. The minimum atomic E-state index is -1.24. The first-order valence-electron chi connectivity index (χ1n) is 3.07.